The highest BCUT2D eigenvalue weighted by Gasteiger charge is 2.29. The van der Waals surface area contributed by atoms with E-state index in [4.69, 9.17) is 5.11 Å². The van der Waals surface area contributed by atoms with Gasteiger partial charge in [0.05, 0.1) is 5.92 Å². The van der Waals surface area contributed by atoms with Crippen molar-refractivity contribution < 1.29 is 18.3 Å². The summed E-state index contributed by atoms with van der Waals surface area (Å²) in [7, 11) is -3.60. The molecule has 1 heterocycles. The predicted octanol–water partition coefficient (Wildman–Crippen LogP) is 2.10. The van der Waals surface area contributed by atoms with Gasteiger partial charge in [-0.25, -0.2) is 8.42 Å². The maximum atomic E-state index is 12.5. The molecule has 1 unspecified atom stereocenters. The van der Waals surface area contributed by atoms with Crippen molar-refractivity contribution in [2.24, 2.45) is 5.92 Å². The Labute approximate surface area is 117 Å². The number of aliphatic carboxylic acids is 1. The van der Waals surface area contributed by atoms with Crippen LogP contribution in [0.15, 0.2) is 10.3 Å². The molecule has 0 aliphatic carbocycles. The molecule has 1 rings (SSSR count). The summed E-state index contributed by atoms with van der Waals surface area (Å²) in [5.74, 6) is -1.72. The lowest BCUT2D eigenvalue weighted by Gasteiger charge is -2.21. The number of thiophene rings is 1. The second-order valence-corrected chi connectivity index (χ2v) is 7.91. The molecular formula is C12H19NO4S2. The molecule has 0 radical (unpaired) electrons. The molecule has 5 nitrogen and oxygen atoms in total. The van der Waals surface area contributed by atoms with Crippen LogP contribution in [-0.4, -0.2) is 36.9 Å². The molecule has 0 bridgehead atoms. The first kappa shape index (κ1) is 16.1. The van der Waals surface area contributed by atoms with Crippen molar-refractivity contribution in [3.05, 3.63) is 16.5 Å². The lowest BCUT2D eigenvalue weighted by Crippen LogP contribution is -2.36. The van der Waals surface area contributed by atoms with Gasteiger partial charge in [-0.15, -0.1) is 11.3 Å². The van der Waals surface area contributed by atoms with E-state index in [-0.39, 0.29) is 13.1 Å². The number of aryl methyl sites for hydroxylation is 2. The van der Waals surface area contributed by atoms with Crippen LogP contribution in [0.25, 0.3) is 0 Å². The van der Waals surface area contributed by atoms with Gasteiger partial charge >= 0.3 is 5.97 Å². The minimum absolute atomic E-state index is 0.00937. The second kappa shape index (κ2) is 6.02. The number of carboxylic acid groups (broad SMARTS) is 1. The van der Waals surface area contributed by atoms with Gasteiger partial charge in [0.1, 0.15) is 4.21 Å². The normalized spacial score (nSPS) is 13.7. The highest BCUT2D eigenvalue weighted by atomic mass is 32.2. The highest BCUT2D eigenvalue weighted by molar-refractivity contribution is 7.91. The van der Waals surface area contributed by atoms with Crippen LogP contribution in [-0.2, 0) is 14.8 Å². The Morgan fingerprint density at radius 2 is 2.05 bits per heavy atom. The van der Waals surface area contributed by atoms with Crippen molar-refractivity contribution in [3.63, 3.8) is 0 Å². The second-order valence-electron chi connectivity index (χ2n) is 4.52. The smallest absolute Gasteiger partial charge is 0.307 e. The van der Waals surface area contributed by atoms with Gasteiger partial charge in [0.15, 0.2) is 0 Å². The van der Waals surface area contributed by atoms with Crippen molar-refractivity contribution in [1.29, 1.82) is 0 Å². The first-order valence-electron chi connectivity index (χ1n) is 6.00. The number of hydrogen-bond donors (Lipinski definition) is 1. The molecule has 0 fully saturated rings. The van der Waals surface area contributed by atoms with Crippen LogP contribution < -0.4 is 0 Å². The Hall–Kier alpha value is -0.920. The first-order valence-corrected chi connectivity index (χ1v) is 8.25. The topological polar surface area (TPSA) is 74.7 Å². The van der Waals surface area contributed by atoms with Gasteiger partial charge in [-0.2, -0.15) is 4.31 Å². The lowest BCUT2D eigenvalue weighted by molar-refractivity contribution is -0.141. The van der Waals surface area contributed by atoms with E-state index in [0.29, 0.717) is 9.77 Å². The molecule has 0 saturated carbocycles. The molecule has 0 saturated heterocycles. The average molecular weight is 305 g/mol. The summed E-state index contributed by atoms with van der Waals surface area (Å²) >= 11 is 1.22. The fourth-order valence-electron chi connectivity index (χ4n) is 1.77. The Bertz CT molecular complexity index is 562. The molecule has 0 aliphatic heterocycles. The number of carboxylic acids is 1. The minimum atomic E-state index is -3.60. The van der Waals surface area contributed by atoms with E-state index in [2.05, 4.69) is 0 Å². The van der Waals surface area contributed by atoms with E-state index in [1.165, 1.54) is 22.6 Å². The maximum absolute atomic E-state index is 12.5. The van der Waals surface area contributed by atoms with Crippen LogP contribution >= 0.6 is 11.3 Å². The zero-order chi connectivity index (χ0) is 14.8. The number of hydrogen-bond acceptors (Lipinski definition) is 4. The summed E-state index contributed by atoms with van der Waals surface area (Å²) in [5, 5.41) is 8.90. The van der Waals surface area contributed by atoms with Crippen molar-refractivity contribution in [2.45, 2.75) is 31.9 Å². The Morgan fingerprint density at radius 3 is 2.42 bits per heavy atom. The van der Waals surface area contributed by atoms with E-state index in [1.807, 2.05) is 13.0 Å². The minimum Gasteiger partial charge on any atom is -0.481 e. The summed E-state index contributed by atoms with van der Waals surface area (Å²) in [6.45, 7) is 7.08. The van der Waals surface area contributed by atoms with Crippen LogP contribution in [0, 0.1) is 19.8 Å². The van der Waals surface area contributed by atoms with E-state index in [9.17, 15) is 13.2 Å². The van der Waals surface area contributed by atoms with E-state index < -0.39 is 21.9 Å². The Morgan fingerprint density at radius 1 is 1.47 bits per heavy atom. The summed E-state index contributed by atoms with van der Waals surface area (Å²) in [6.07, 6.45) is 0. The van der Waals surface area contributed by atoms with Crippen molar-refractivity contribution in [3.8, 4) is 0 Å². The number of nitrogens with zero attached hydrogens (tertiary/aromatic N) is 1. The number of rotatable bonds is 6. The first-order chi connectivity index (χ1) is 8.70. The third-order valence-electron chi connectivity index (χ3n) is 2.82. The molecule has 0 aromatic carbocycles. The third-order valence-corrected chi connectivity index (χ3v) is 6.53. The fraction of sp³-hybridized carbons (Fsp3) is 0.583. The predicted molar refractivity (Wildman–Crippen MR) is 75.0 cm³/mol. The van der Waals surface area contributed by atoms with E-state index in [1.54, 1.807) is 13.8 Å². The molecule has 7 heteroatoms. The molecule has 1 N–H and O–H groups in total. The largest absolute Gasteiger partial charge is 0.481 e. The van der Waals surface area contributed by atoms with Gasteiger partial charge < -0.3 is 5.11 Å². The standard InChI is InChI=1S/C12H19NO4S2/c1-5-13(7-9(3)11(14)15)19(16,17)12-8(2)6-10(4)18-12/h6,9H,5,7H2,1-4H3,(H,14,15). The monoisotopic (exact) mass is 305 g/mol. The van der Waals surface area contributed by atoms with E-state index >= 15 is 0 Å². The van der Waals surface area contributed by atoms with Crippen LogP contribution in [0.3, 0.4) is 0 Å². The van der Waals surface area contributed by atoms with Gasteiger partial charge in [0, 0.05) is 18.0 Å². The lowest BCUT2D eigenvalue weighted by atomic mass is 10.2. The molecule has 108 valence electrons. The summed E-state index contributed by atoms with van der Waals surface area (Å²) < 4.78 is 26.5. The molecule has 0 spiro atoms. The quantitative estimate of drug-likeness (QED) is 0.873. The Kier molecular flexibility index (Phi) is 5.11. The molecule has 1 aromatic heterocycles. The fourth-order valence-corrected chi connectivity index (χ4v) is 5.11. The molecule has 1 aromatic rings. The van der Waals surface area contributed by atoms with E-state index in [0.717, 1.165) is 4.88 Å². The highest BCUT2D eigenvalue weighted by Crippen LogP contribution is 2.29. The zero-order valence-electron chi connectivity index (χ0n) is 11.5. The zero-order valence-corrected chi connectivity index (χ0v) is 13.1. The van der Waals surface area contributed by atoms with Gasteiger partial charge in [-0.3, -0.25) is 4.79 Å². The molecule has 0 aliphatic rings. The van der Waals surface area contributed by atoms with Crippen LogP contribution in [0.5, 0.6) is 0 Å². The SMILES string of the molecule is CCN(CC(C)C(=O)O)S(=O)(=O)c1sc(C)cc1C. The maximum Gasteiger partial charge on any atom is 0.307 e. The van der Waals surface area contributed by atoms with Gasteiger partial charge in [0.25, 0.3) is 10.0 Å². The van der Waals surface area contributed by atoms with Crippen LogP contribution in [0.2, 0.25) is 0 Å². The van der Waals surface area contributed by atoms with Gasteiger partial charge in [-0.05, 0) is 25.5 Å². The number of carbonyl (C=O) groups is 1. The molecule has 0 amide bonds. The summed E-state index contributed by atoms with van der Waals surface area (Å²) in [6, 6.07) is 1.83. The van der Waals surface area contributed by atoms with Crippen molar-refractivity contribution in [1.82, 2.24) is 4.31 Å². The third kappa shape index (κ3) is 3.55. The van der Waals surface area contributed by atoms with Crippen LogP contribution in [0.1, 0.15) is 24.3 Å². The summed E-state index contributed by atoms with van der Waals surface area (Å²) in [4.78, 5) is 11.8. The molecular weight excluding hydrogens is 286 g/mol. The molecule has 19 heavy (non-hydrogen) atoms. The number of sulfonamides is 1. The van der Waals surface area contributed by atoms with Gasteiger partial charge in [0.2, 0.25) is 0 Å². The van der Waals surface area contributed by atoms with Crippen molar-refractivity contribution >= 4 is 27.3 Å². The van der Waals surface area contributed by atoms with Crippen molar-refractivity contribution in [2.75, 3.05) is 13.1 Å². The Balaban J connectivity index is 3.09. The molecule has 1 atom stereocenters. The average Bonchev–Trinajstić information content (AvgIpc) is 2.65. The van der Waals surface area contributed by atoms with Gasteiger partial charge in [-0.1, -0.05) is 13.8 Å². The van der Waals surface area contributed by atoms with Crippen LogP contribution in [0.4, 0.5) is 0 Å². The summed E-state index contributed by atoms with van der Waals surface area (Å²) in [5.41, 5.74) is 0.712.